The van der Waals surface area contributed by atoms with Gasteiger partial charge in [0, 0.05) is 10.8 Å². The average molecular weight is 708 g/mol. The number of rotatable bonds is 2. The Morgan fingerprint density at radius 2 is 0.939 bits per heavy atom. The fourth-order valence-corrected chi connectivity index (χ4v) is 3.93. The minimum absolute atomic E-state index is 0. The van der Waals surface area contributed by atoms with Gasteiger partial charge in [-0.15, -0.1) is 0 Å². The first kappa shape index (κ1) is 38.5. The molecule has 2 aromatic carbocycles. The molecule has 6 aromatic heterocycles. The number of aromatic nitrogens is 10. The van der Waals surface area contributed by atoms with Crippen LogP contribution in [0.1, 0.15) is 21.0 Å². The van der Waals surface area contributed by atoms with Crippen molar-refractivity contribution in [3.63, 3.8) is 0 Å². The zero-order valence-corrected chi connectivity index (χ0v) is 26.3. The molecule has 0 aliphatic heterocycles. The first-order valence-electron chi connectivity index (χ1n) is 13.2. The quantitative estimate of drug-likeness (QED) is 0.127. The molecule has 0 fully saturated rings. The average Bonchev–Trinajstić information content (AvgIpc) is 3.77. The number of carboxylic acids is 2. The number of anilines is 2. The van der Waals surface area contributed by atoms with Gasteiger partial charge in [-0.05, 0) is 24.3 Å². The number of carbonyl (C=O) groups excluding carboxylic acids is 2. The number of carboxylic acid groups (broad SMARTS) is 2. The van der Waals surface area contributed by atoms with E-state index in [1.54, 1.807) is 24.3 Å². The summed E-state index contributed by atoms with van der Waals surface area (Å²) in [6.45, 7) is 0. The van der Waals surface area contributed by atoms with Gasteiger partial charge in [-0.3, -0.25) is 0 Å². The Balaban J connectivity index is 0.000000224. The van der Waals surface area contributed by atoms with E-state index in [-0.39, 0.29) is 39.4 Å². The van der Waals surface area contributed by atoms with Gasteiger partial charge in [0.1, 0.15) is 23.7 Å². The number of hydrogen-bond acceptors (Lipinski definition) is 14. The van der Waals surface area contributed by atoms with Crippen LogP contribution in [0.25, 0.3) is 44.1 Å². The number of H-pyrrole nitrogens is 2. The SMILES string of the molecule is Nc1ncnc2nc[nH]c12.Nc1ncnc2nc[nH]c12.O=C([O-])c1ccc2ccccc2n1.O=C([O-])c1ccc2ccccc2n1.[Mn+2].[OH3+].[OH3+]. The van der Waals surface area contributed by atoms with Crippen molar-refractivity contribution in [1.82, 2.24) is 49.8 Å². The molecule has 0 amide bonds. The Kier molecular flexibility index (Phi) is 14.1. The van der Waals surface area contributed by atoms with Crippen LogP contribution in [-0.2, 0) is 28.0 Å². The Labute approximate surface area is 285 Å². The molecule has 0 saturated heterocycles. The van der Waals surface area contributed by atoms with E-state index in [9.17, 15) is 19.8 Å². The van der Waals surface area contributed by atoms with Crippen LogP contribution in [0, 0.1) is 0 Å². The largest absolute Gasteiger partial charge is 2.00 e. The van der Waals surface area contributed by atoms with Gasteiger partial charge in [0.15, 0.2) is 22.9 Å². The van der Waals surface area contributed by atoms with Crippen LogP contribution < -0.4 is 21.7 Å². The monoisotopic (exact) mass is 707 g/mol. The maximum atomic E-state index is 10.5. The van der Waals surface area contributed by atoms with Crippen molar-refractivity contribution in [3.8, 4) is 0 Å². The van der Waals surface area contributed by atoms with Crippen molar-refractivity contribution in [2.45, 2.75) is 0 Å². The van der Waals surface area contributed by atoms with Crippen molar-refractivity contribution in [2.75, 3.05) is 11.5 Å². The molecule has 12 N–H and O–H groups in total. The van der Waals surface area contributed by atoms with Crippen LogP contribution in [0.5, 0.6) is 0 Å². The van der Waals surface area contributed by atoms with Gasteiger partial charge in [0.25, 0.3) is 0 Å². The van der Waals surface area contributed by atoms with Crippen LogP contribution in [0.4, 0.5) is 11.6 Å². The number of nitrogen functional groups attached to an aromatic ring is 2. The van der Waals surface area contributed by atoms with Crippen molar-refractivity contribution >= 4 is 67.7 Å². The normalized spacial score (nSPS) is 9.63. The molecule has 1 radical (unpaired) electrons. The first-order chi connectivity index (χ1) is 22.3. The van der Waals surface area contributed by atoms with Gasteiger partial charge < -0.3 is 52.2 Å². The van der Waals surface area contributed by atoms with Crippen molar-refractivity contribution < 1.29 is 47.8 Å². The number of fused-ring (bicyclic) bond motifs is 4. The molecule has 0 bridgehead atoms. The molecule has 18 nitrogen and oxygen atoms in total. The molecular weight excluding hydrogens is 679 g/mol. The van der Waals surface area contributed by atoms with Crippen LogP contribution in [0.3, 0.4) is 0 Å². The Hall–Kier alpha value is -6.66. The van der Waals surface area contributed by atoms with Gasteiger partial charge >= 0.3 is 17.1 Å². The number of nitrogens with two attached hydrogens (primary N) is 2. The summed E-state index contributed by atoms with van der Waals surface area (Å²) in [7, 11) is 0. The summed E-state index contributed by atoms with van der Waals surface area (Å²) in [5.41, 5.74) is 14.8. The van der Waals surface area contributed by atoms with Crippen molar-refractivity contribution in [2.24, 2.45) is 0 Å². The van der Waals surface area contributed by atoms with E-state index in [1.165, 1.54) is 37.4 Å². The fourth-order valence-electron chi connectivity index (χ4n) is 3.93. The second kappa shape index (κ2) is 17.9. The summed E-state index contributed by atoms with van der Waals surface area (Å²) < 4.78 is 0. The zero-order valence-electron chi connectivity index (χ0n) is 25.1. The third-order valence-corrected chi connectivity index (χ3v) is 6.12. The van der Waals surface area contributed by atoms with E-state index in [4.69, 9.17) is 11.5 Å². The van der Waals surface area contributed by atoms with E-state index in [1.807, 2.05) is 36.4 Å². The first-order valence-corrected chi connectivity index (χ1v) is 13.2. The van der Waals surface area contributed by atoms with Crippen molar-refractivity contribution in [1.29, 1.82) is 0 Å². The number of nitrogens with one attached hydrogen (secondary N) is 2. The smallest absolute Gasteiger partial charge is 0.543 e. The van der Waals surface area contributed by atoms with Gasteiger partial charge in [0.2, 0.25) is 0 Å². The minimum Gasteiger partial charge on any atom is -0.543 e. The minimum atomic E-state index is -1.24. The van der Waals surface area contributed by atoms with E-state index in [0.717, 1.165) is 10.8 Å². The molecular formula is C30H28MnN12O6+2. The summed E-state index contributed by atoms with van der Waals surface area (Å²) in [6.07, 6.45) is 5.85. The number of benzene rings is 2. The maximum absolute atomic E-state index is 10.5. The predicted molar refractivity (Wildman–Crippen MR) is 174 cm³/mol. The van der Waals surface area contributed by atoms with Crippen LogP contribution in [0.2, 0.25) is 0 Å². The molecule has 0 aliphatic carbocycles. The molecule has 0 saturated carbocycles. The number of aromatic amines is 2. The zero-order chi connectivity index (χ0) is 32.5. The standard InChI is InChI=1S/2C10H7NO2.2C5H5N5.Mn.2H2O/c2*12-10(13)9-6-5-7-3-1-2-4-8(7)11-9;2*6-4-3-5(9-1-7-3)10-2-8-4;;;/h2*1-6H,(H,12,13);2*1-2H,(H3,6,7,8,9,10);;2*1H2/q;;;;+2;;. The van der Waals surface area contributed by atoms with E-state index >= 15 is 0 Å². The third kappa shape index (κ3) is 9.67. The second-order valence-electron chi connectivity index (χ2n) is 9.07. The molecule has 0 atom stereocenters. The van der Waals surface area contributed by atoms with Crippen molar-refractivity contribution in [3.05, 3.63) is 109 Å². The number of nitrogens with zero attached hydrogens (tertiary/aromatic N) is 8. The van der Waals surface area contributed by atoms with Gasteiger partial charge in [-0.2, -0.15) is 0 Å². The summed E-state index contributed by atoms with van der Waals surface area (Å²) in [6, 6.07) is 21.0. The number of hydrogen-bond donors (Lipinski definition) is 4. The second-order valence-corrected chi connectivity index (χ2v) is 9.07. The summed E-state index contributed by atoms with van der Waals surface area (Å²) in [4.78, 5) is 57.5. The Bertz CT molecular complexity index is 2140. The van der Waals surface area contributed by atoms with Crippen LogP contribution in [0.15, 0.2) is 98.1 Å². The molecule has 0 unspecified atom stereocenters. The predicted octanol–water partition coefficient (Wildman–Crippen LogP) is -0.779. The Morgan fingerprint density at radius 3 is 1.31 bits per heavy atom. The van der Waals surface area contributed by atoms with E-state index in [2.05, 4.69) is 49.8 Å². The summed E-state index contributed by atoms with van der Waals surface area (Å²) in [5, 5.41) is 22.8. The van der Waals surface area contributed by atoms with Gasteiger partial charge in [0.05, 0.1) is 47.0 Å². The number of carbonyl (C=O) groups is 2. The number of aromatic carboxylic acids is 2. The topological polar surface area (TPSA) is 333 Å². The summed E-state index contributed by atoms with van der Waals surface area (Å²) in [5.74, 6) is -1.62. The van der Waals surface area contributed by atoms with E-state index in [0.29, 0.717) is 45.0 Å². The summed E-state index contributed by atoms with van der Waals surface area (Å²) >= 11 is 0. The molecule has 249 valence electrons. The molecule has 8 aromatic rings. The van der Waals surface area contributed by atoms with E-state index < -0.39 is 11.9 Å². The molecule has 6 heterocycles. The molecule has 0 aliphatic rings. The molecule has 19 heteroatoms. The van der Waals surface area contributed by atoms with Gasteiger partial charge in [-0.1, -0.05) is 48.5 Å². The third-order valence-electron chi connectivity index (χ3n) is 6.12. The number of imidazole rings is 2. The molecule has 0 spiro atoms. The van der Waals surface area contributed by atoms with Gasteiger partial charge in [-0.25, -0.2) is 39.9 Å². The number of para-hydroxylation sites is 2. The molecule has 49 heavy (non-hydrogen) atoms. The maximum Gasteiger partial charge on any atom is 2.00 e. The number of pyridine rings is 2. The van der Waals surface area contributed by atoms with Crippen LogP contribution in [-0.4, -0.2) is 61.8 Å². The molecule has 8 rings (SSSR count). The van der Waals surface area contributed by atoms with Crippen LogP contribution >= 0.6 is 0 Å². The Morgan fingerprint density at radius 1 is 0.551 bits per heavy atom. The fraction of sp³-hybridized carbons (Fsp3) is 0.